The molecule has 27 heavy (non-hydrogen) atoms. The van der Waals surface area contributed by atoms with Crippen molar-refractivity contribution in [2.45, 2.75) is 45.6 Å². The number of nitrogens with one attached hydrogen (secondary N) is 1. The second-order valence-corrected chi connectivity index (χ2v) is 6.74. The molecular weight excluding hydrogens is 340 g/mol. The molecule has 0 spiro atoms. The van der Waals surface area contributed by atoms with Crippen molar-refractivity contribution in [1.29, 1.82) is 0 Å². The maximum absolute atomic E-state index is 13.0. The molecule has 5 nitrogen and oxygen atoms in total. The average Bonchev–Trinajstić information content (AvgIpc) is 2.70. The highest BCUT2D eigenvalue weighted by Gasteiger charge is 2.30. The van der Waals surface area contributed by atoms with Gasteiger partial charge in [0.15, 0.2) is 11.8 Å². The summed E-state index contributed by atoms with van der Waals surface area (Å²) in [6.45, 7) is 4.75. The highest BCUT2D eigenvalue weighted by Crippen LogP contribution is 2.15. The Morgan fingerprint density at radius 3 is 2.37 bits per heavy atom. The van der Waals surface area contributed by atoms with Crippen LogP contribution in [0.4, 0.5) is 0 Å². The average molecular weight is 368 g/mol. The number of carbonyl (C=O) groups is 2. The topological polar surface area (TPSA) is 68.2 Å². The van der Waals surface area contributed by atoms with Gasteiger partial charge in [-0.15, -0.1) is 0 Å². The second kappa shape index (κ2) is 10.5. The summed E-state index contributed by atoms with van der Waals surface area (Å²) in [6, 6.07) is 12.0. The number of aromatic nitrogens is 1. The number of amides is 1. The van der Waals surface area contributed by atoms with E-state index >= 15 is 0 Å². The Morgan fingerprint density at radius 2 is 1.74 bits per heavy atom. The molecule has 1 heterocycles. The molecule has 1 aromatic heterocycles. The summed E-state index contributed by atoms with van der Waals surface area (Å²) < 4.78 is 1.21. The third-order valence-corrected chi connectivity index (χ3v) is 4.79. The number of pyridine rings is 1. The minimum absolute atomic E-state index is 0.369. The molecule has 0 radical (unpaired) electrons. The maximum Gasteiger partial charge on any atom is 0.251 e. The maximum atomic E-state index is 13.0. The van der Waals surface area contributed by atoms with Crippen molar-refractivity contribution in [2.24, 2.45) is 5.92 Å². The molecule has 144 valence electrons. The monoisotopic (exact) mass is 368 g/mol. The summed E-state index contributed by atoms with van der Waals surface area (Å²) in [6.07, 6.45) is 5.71. The number of ketones is 1. The zero-order valence-electron chi connectivity index (χ0n) is 16.1. The van der Waals surface area contributed by atoms with E-state index < -0.39 is 11.9 Å². The molecule has 0 aliphatic carbocycles. The van der Waals surface area contributed by atoms with Crippen LogP contribution in [0.3, 0.4) is 0 Å². The van der Waals surface area contributed by atoms with Crippen LogP contribution in [0, 0.1) is 5.92 Å². The van der Waals surface area contributed by atoms with Crippen molar-refractivity contribution in [1.82, 2.24) is 9.88 Å². The highest BCUT2D eigenvalue weighted by atomic mass is 16.2. The third kappa shape index (κ3) is 5.64. The summed E-state index contributed by atoms with van der Waals surface area (Å²) in [5.41, 5.74) is 0.0337. The predicted molar refractivity (Wildman–Crippen MR) is 107 cm³/mol. The number of hydrogen-bond donors (Lipinski definition) is 1. The van der Waals surface area contributed by atoms with Crippen molar-refractivity contribution in [3.63, 3.8) is 0 Å². The highest BCUT2D eigenvalue weighted by molar-refractivity contribution is 6.11. The van der Waals surface area contributed by atoms with E-state index in [-0.39, 0.29) is 11.3 Å². The zero-order valence-corrected chi connectivity index (χ0v) is 16.1. The molecule has 2 rings (SSSR count). The molecule has 0 aliphatic heterocycles. The molecule has 5 heteroatoms. The summed E-state index contributed by atoms with van der Waals surface area (Å²) in [4.78, 5) is 38.2. The summed E-state index contributed by atoms with van der Waals surface area (Å²) in [7, 11) is 0. The van der Waals surface area contributed by atoms with Crippen LogP contribution in [0.25, 0.3) is 0 Å². The molecule has 1 amide bonds. The minimum Gasteiger partial charge on any atom is -0.354 e. The molecule has 0 aliphatic rings. The van der Waals surface area contributed by atoms with Gasteiger partial charge < -0.3 is 5.32 Å². The van der Waals surface area contributed by atoms with E-state index in [9.17, 15) is 14.4 Å². The van der Waals surface area contributed by atoms with Crippen LogP contribution in [0.1, 0.15) is 55.9 Å². The lowest BCUT2D eigenvalue weighted by Crippen LogP contribution is -2.42. The van der Waals surface area contributed by atoms with Gasteiger partial charge >= 0.3 is 0 Å². The number of hydrogen-bond acceptors (Lipinski definition) is 3. The van der Waals surface area contributed by atoms with Crippen LogP contribution in [0.15, 0.2) is 59.5 Å². The van der Waals surface area contributed by atoms with E-state index in [1.165, 1.54) is 16.8 Å². The Balaban J connectivity index is 2.24. The third-order valence-electron chi connectivity index (χ3n) is 4.79. The Bertz CT molecular complexity index is 798. The molecule has 2 aromatic rings. The minimum atomic E-state index is -1.20. The predicted octanol–water partition coefficient (Wildman–Crippen LogP) is 3.60. The molecule has 2 atom stereocenters. The lowest BCUT2D eigenvalue weighted by molar-refractivity contribution is -0.123. The number of nitrogens with zero attached hydrogens (tertiary/aromatic N) is 1. The Morgan fingerprint density at radius 1 is 1.04 bits per heavy atom. The van der Waals surface area contributed by atoms with Crippen molar-refractivity contribution in [3.8, 4) is 0 Å². The van der Waals surface area contributed by atoms with Crippen LogP contribution in [-0.4, -0.2) is 22.8 Å². The molecule has 0 unspecified atom stereocenters. The van der Waals surface area contributed by atoms with Gasteiger partial charge in [-0.2, -0.15) is 0 Å². The van der Waals surface area contributed by atoms with Crippen molar-refractivity contribution in [2.75, 3.05) is 6.54 Å². The van der Waals surface area contributed by atoms with E-state index in [2.05, 4.69) is 19.2 Å². The SMILES string of the molecule is CCCC[C@@H](CC)CNC(=O)[C@H](C(=O)c1ccccc1)n1ccccc1=O. The number of benzene rings is 1. The second-order valence-electron chi connectivity index (χ2n) is 6.74. The smallest absolute Gasteiger partial charge is 0.251 e. The number of carbonyl (C=O) groups excluding carboxylic acids is 2. The fraction of sp³-hybridized carbons (Fsp3) is 0.409. The standard InChI is InChI=1S/C22H28N2O3/c1-3-5-11-17(4-2)16-23-22(27)20(24-15-10-9-14-19(24)25)21(26)18-12-7-6-8-13-18/h6-10,12-15,17,20H,3-5,11,16H2,1-2H3,(H,23,27)/t17-,20+/m1/s1. The van der Waals surface area contributed by atoms with Crippen LogP contribution >= 0.6 is 0 Å². The Hall–Kier alpha value is -2.69. The van der Waals surface area contributed by atoms with E-state index in [0.717, 1.165) is 25.7 Å². The molecule has 1 aromatic carbocycles. The van der Waals surface area contributed by atoms with E-state index in [4.69, 9.17) is 0 Å². The number of unbranched alkanes of at least 4 members (excludes halogenated alkanes) is 1. The van der Waals surface area contributed by atoms with Gasteiger partial charge in [-0.05, 0) is 18.4 Å². The molecular formula is C22H28N2O3. The van der Waals surface area contributed by atoms with Gasteiger partial charge in [0, 0.05) is 24.4 Å². The molecule has 1 N–H and O–H groups in total. The van der Waals surface area contributed by atoms with Crippen LogP contribution in [0.2, 0.25) is 0 Å². The first-order chi connectivity index (χ1) is 13.1. The fourth-order valence-corrected chi connectivity index (χ4v) is 3.07. The van der Waals surface area contributed by atoms with Crippen LogP contribution in [-0.2, 0) is 4.79 Å². The van der Waals surface area contributed by atoms with Crippen molar-refractivity contribution < 1.29 is 9.59 Å². The van der Waals surface area contributed by atoms with Gasteiger partial charge in [-0.3, -0.25) is 19.0 Å². The van der Waals surface area contributed by atoms with Gasteiger partial charge in [-0.1, -0.05) is 69.5 Å². The summed E-state index contributed by atoms with van der Waals surface area (Å²) in [5, 5.41) is 2.90. The van der Waals surface area contributed by atoms with Gasteiger partial charge in [0.1, 0.15) is 0 Å². The molecule has 0 bridgehead atoms. The van der Waals surface area contributed by atoms with Crippen molar-refractivity contribution in [3.05, 3.63) is 70.6 Å². The number of rotatable bonds is 10. The quantitative estimate of drug-likeness (QED) is 0.515. The van der Waals surface area contributed by atoms with Gasteiger partial charge in [0.05, 0.1) is 0 Å². The lowest BCUT2D eigenvalue weighted by atomic mass is 9.98. The summed E-state index contributed by atoms with van der Waals surface area (Å²) >= 11 is 0. The van der Waals surface area contributed by atoms with E-state index in [1.54, 1.807) is 42.5 Å². The van der Waals surface area contributed by atoms with Gasteiger partial charge in [0.2, 0.25) is 0 Å². The largest absolute Gasteiger partial charge is 0.354 e. The van der Waals surface area contributed by atoms with E-state index in [1.807, 2.05) is 0 Å². The lowest BCUT2D eigenvalue weighted by Gasteiger charge is -2.21. The first kappa shape index (κ1) is 20.6. The molecule has 0 saturated carbocycles. The summed E-state index contributed by atoms with van der Waals surface area (Å²) in [5.74, 6) is -0.455. The Labute approximate surface area is 160 Å². The number of Topliss-reactive ketones (excluding diaryl/α,β-unsaturated/α-hetero) is 1. The molecule has 0 fully saturated rings. The first-order valence-corrected chi connectivity index (χ1v) is 9.62. The van der Waals surface area contributed by atoms with Crippen molar-refractivity contribution >= 4 is 11.7 Å². The fourth-order valence-electron chi connectivity index (χ4n) is 3.07. The van der Waals surface area contributed by atoms with Gasteiger partial charge in [0.25, 0.3) is 11.5 Å². The zero-order chi connectivity index (χ0) is 19.6. The van der Waals surface area contributed by atoms with E-state index in [0.29, 0.717) is 18.0 Å². The normalized spacial score (nSPS) is 13.0. The van der Waals surface area contributed by atoms with Crippen LogP contribution in [0.5, 0.6) is 0 Å². The molecule has 0 saturated heterocycles. The van der Waals surface area contributed by atoms with Gasteiger partial charge in [-0.25, -0.2) is 0 Å². The van der Waals surface area contributed by atoms with Crippen LogP contribution < -0.4 is 10.9 Å². The Kier molecular flexibility index (Phi) is 7.99. The first-order valence-electron chi connectivity index (χ1n) is 9.62.